The van der Waals surface area contributed by atoms with Gasteiger partial charge in [-0.3, -0.25) is 0 Å². The van der Waals surface area contributed by atoms with Crippen molar-refractivity contribution >= 4 is 11.7 Å². The lowest BCUT2D eigenvalue weighted by Gasteiger charge is -2.23. The van der Waals surface area contributed by atoms with Crippen LogP contribution in [-0.4, -0.2) is 25.2 Å². The van der Waals surface area contributed by atoms with Gasteiger partial charge in [0.15, 0.2) is 0 Å². The van der Waals surface area contributed by atoms with Gasteiger partial charge in [-0.15, -0.1) is 0 Å². The minimum atomic E-state index is -0.313. The van der Waals surface area contributed by atoms with E-state index >= 15 is 0 Å². The van der Waals surface area contributed by atoms with Crippen LogP contribution in [0.1, 0.15) is 19.3 Å². The van der Waals surface area contributed by atoms with Crippen LogP contribution in [-0.2, 0) is 0 Å². The number of amides is 2. The van der Waals surface area contributed by atoms with E-state index < -0.39 is 0 Å². The summed E-state index contributed by atoms with van der Waals surface area (Å²) in [5.41, 5.74) is 0.588. The molecule has 0 bridgehead atoms. The molecule has 0 spiro atoms. The van der Waals surface area contributed by atoms with Crippen molar-refractivity contribution < 1.29 is 9.18 Å². The molecule has 2 rings (SSSR count). The standard InChI is InChI=1S/C13H18FN3O/c14-10-4-6-11(7-5-10)17-13(18)16-9-12-3-1-2-8-15-12/h4-7,12,15H,1-3,8-9H2,(H2,16,17,18)/t12-/m0/s1. The molecule has 2 amide bonds. The summed E-state index contributed by atoms with van der Waals surface area (Å²) in [4.78, 5) is 11.6. The smallest absolute Gasteiger partial charge is 0.319 e. The van der Waals surface area contributed by atoms with Crippen LogP contribution >= 0.6 is 0 Å². The average molecular weight is 251 g/mol. The number of rotatable bonds is 3. The van der Waals surface area contributed by atoms with Crippen LogP contribution < -0.4 is 16.0 Å². The summed E-state index contributed by atoms with van der Waals surface area (Å²) in [7, 11) is 0. The number of hydrogen-bond donors (Lipinski definition) is 3. The van der Waals surface area contributed by atoms with Crippen molar-refractivity contribution in [2.24, 2.45) is 0 Å². The van der Waals surface area contributed by atoms with E-state index in [4.69, 9.17) is 0 Å². The molecule has 18 heavy (non-hydrogen) atoms. The molecule has 1 aromatic carbocycles. The number of urea groups is 1. The van der Waals surface area contributed by atoms with Gasteiger partial charge in [0.25, 0.3) is 0 Å². The molecule has 1 saturated heterocycles. The minimum absolute atomic E-state index is 0.256. The van der Waals surface area contributed by atoms with Gasteiger partial charge in [-0.2, -0.15) is 0 Å². The molecule has 0 aromatic heterocycles. The van der Waals surface area contributed by atoms with Gasteiger partial charge >= 0.3 is 6.03 Å². The second kappa shape index (κ2) is 6.35. The number of halogens is 1. The number of benzene rings is 1. The molecule has 1 fully saturated rings. The molecule has 98 valence electrons. The number of hydrogen-bond acceptors (Lipinski definition) is 2. The summed E-state index contributed by atoms with van der Waals surface area (Å²) in [6, 6.07) is 5.81. The lowest BCUT2D eigenvalue weighted by atomic mass is 10.1. The SMILES string of the molecule is O=C(NC[C@@H]1CCCCN1)Nc1ccc(F)cc1. The Bertz CT molecular complexity index is 388. The highest BCUT2D eigenvalue weighted by molar-refractivity contribution is 5.89. The first-order valence-electron chi connectivity index (χ1n) is 6.28. The third kappa shape index (κ3) is 4.00. The number of nitrogens with one attached hydrogen (secondary N) is 3. The summed E-state index contributed by atoms with van der Waals surface area (Å²) >= 11 is 0. The summed E-state index contributed by atoms with van der Waals surface area (Å²) in [5.74, 6) is -0.313. The molecule has 0 radical (unpaired) electrons. The van der Waals surface area contributed by atoms with Gasteiger partial charge in [0.1, 0.15) is 5.82 Å². The van der Waals surface area contributed by atoms with Crippen LogP contribution in [0.2, 0.25) is 0 Å². The number of carbonyl (C=O) groups is 1. The number of anilines is 1. The first-order chi connectivity index (χ1) is 8.74. The number of carbonyl (C=O) groups excluding carboxylic acids is 1. The van der Waals surface area contributed by atoms with Crippen LogP contribution in [0.3, 0.4) is 0 Å². The molecule has 5 heteroatoms. The van der Waals surface area contributed by atoms with E-state index in [-0.39, 0.29) is 11.8 Å². The highest BCUT2D eigenvalue weighted by Crippen LogP contribution is 2.08. The molecule has 4 nitrogen and oxygen atoms in total. The summed E-state index contributed by atoms with van der Waals surface area (Å²) in [6.45, 7) is 1.64. The van der Waals surface area contributed by atoms with Crippen molar-refractivity contribution in [3.05, 3.63) is 30.1 Å². The predicted octanol–water partition coefficient (Wildman–Crippen LogP) is 2.09. The van der Waals surface area contributed by atoms with Crippen LogP contribution in [0, 0.1) is 5.82 Å². The van der Waals surface area contributed by atoms with E-state index in [0.717, 1.165) is 13.0 Å². The van der Waals surface area contributed by atoms with Crippen LogP contribution in [0.15, 0.2) is 24.3 Å². The second-order valence-electron chi connectivity index (χ2n) is 4.49. The maximum absolute atomic E-state index is 12.7. The molecule has 1 aliphatic rings. The lowest BCUT2D eigenvalue weighted by Crippen LogP contribution is -2.44. The fraction of sp³-hybridized carbons (Fsp3) is 0.462. The van der Waals surface area contributed by atoms with Gasteiger partial charge in [0.05, 0.1) is 0 Å². The molecule has 0 aliphatic carbocycles. The Kier molecular flexibility index (Phi) is 4.52. The van der Waals surface area contributed by atoms with Crippen LogP contribution in [0.5, 0.6) is 0 Å². The lowest BCUT2D eigenvalue weighted by molar-refractivity contribution is 0.249. The average Bonchev–Trinajstić information content (AvgIpc) is 2.40. The van der Waals surface area contributed by atoms with Crippen LogP contribution in [0.4, 0.5) is 14.9 Å². The van der Waals surface area contributed by atoms with Gasteiger partial charge in [-0.1, -0.05) is 6.42 Å². The van der Waals surface area contributed by atoms with Crippen molar-refractivity contribution in [2.45, 2.75) is 25.3 Å². The third-order valence-electron chi connectivity index (χ3n) is 3.02. The summed E-state index contributed by atoms with van der Waals surface area (Å²) < 4.78 is 12.7. The van der Waals surface area contributed by atoms with Gasteiger partial charge < -0.3 is 16.0 Å². The summed E-state index contributed by atoms with van der Waals surface area (Å²) in [6.07, 6.45) is 3.51. The molecule has 1 aromatic rings. The van der Waals surface area contributed by atoms with E-state index in [1.165, 1.54) is 37.1 Å². The monoisotopic (exact) mass is 251 g/mol. The molecule has 1 aliphatic heterocycles. The predicted molar refractivity (Wildman–Crippen MR) is 69.1 cm³/mol. The largest absolute Gasteiger partial charge is 0.336 e. The zero-order chi connectivity index (χ0) is 12.8. The topological polar surface area (TPSA) is 53.2 Å². The maximum atomic E-state index is 12.7. The molecular formula is C13H18FN3O. The highest BCUT2D eigenvalue weighted by Gasteiger charge is 2.13. The van der Waals surface area contributed by atoms with E-state index in [1.54, 1.807) is 0 Å². The van der Waals surface area contributed by atoms with Crippen molar-refractivity contribution in [1.29, 1.82) is 0 Å². The normalized spacial score (nSPS) is 19.3. The Hall–Kier alpha value is -1.62. The Morgan fingerprint density at radius 3 is 2.78 bits per heavy atom. The second-order valence-corrected chi connectivity index (χ2v) is 4.49. The van der Waals surface area contributed by atoms with Crippen molar-refractivity contribution in [3.63, 3.8) is 0 Å². The van der Waals surface area contributed by atoms with Gasteiger partial charge in [-0.25, -0.2) is 9.18 Å². The van der Waals surface area contributed by atoms with Gasteiger partial charge in [-0.05, 0) is 43.7 Å². The Labute approximate surface area is 106 Å². The zero-order valence-corrected chi connectivity index (χ0v) is 10.2. The van der Waals surface area contributed by atoms with Crippen LogP contribution in [0.25, 0.3) is 0 Å². The minimum Gasteiger partial charge on any atom is -0.336 e. The molecule has 1 heterocycles. The fourth-order valence-electron chi connectivity index (χ4n) is 2.02. The zero-order valence-electron chi connectivity index (χ0n) is 10.2. The van der Waals surface area contributed by atoms with Gasteiger partial charge in [0.2, 0.25) is 0 Å². The first kappa shape index (κ1) is 12.8. The summed E-state index contributed by atoms with van der Waals surface area (Å²) in [5, 5.41) is 8.83. The van der Waals surface area contributed by atoms with E-state index in [2.05, 4.69) is 16.0 Å². The fourth-order valence-corrected chi connectivity index (χ4v) is 2.02. The Morgan fingerprint density at radius 2 is 2.11 bits per heavy atom. The molecular weight excluding hydrogens is 233 g/mol. The van der Waals surface area contributed by atoms with Crippen molar-refractivity contribution in [2.75, 3.05) is 18.4 Å². The molecule has 0 unspecified atom stereocenters. The maximum Gasteiger partial charge on any atom is 0.319 e. The van der Waals surface area contributed by atoms with E-state index in [9.17, 15) is 9.18 Å². The molecule has 1 atom stereocenters. The quantitative estimate of drug-likeness (QED) is 0.770. The molecule has 3 N–H and O–H groups in total. The van der Waals surface area contributed by atoms with Crippen molar-refractivity contribution in [3.8, 4) is 0 Å². The Morgan fingerprint density at radius 1 is 1.33 bits per heavy atom. The number of piperidine rings is 1. The Balaban J connectivity index is 1.73. The van der Waals surface area contributed by atoms with E-state index in [0.29, 0.717) is 18.3 Å². The first-order valence-corrected chi connectivity index (χ1v) is 6.28. The van der Waals surface area contributed by atoms with E-state index in [1.807, 2.05) is 0 Å². The molecule has 0 saturated carbocycles. The third-order valence-corrected chi connectivity index (χ3v) is 3.02. The van der Waals surface area contributed by atoms with Gasteiger partial charge in [0, 0.05) is 18.3 Å². The highest BCUT2D eigenvalue weighted by atomic mass is 19.1. The van der Waals surface area contributed by atoms with Crippen molar-refractivity contribution in [1.82, 2.24) is 10.6 Å².